The summed E-state index contributed by atoms with van der Waals surface area (Å²) in [6, 6.07) is 3.66. The molecule has 1 aromatic rings. The lowest BCUT2D eigenvalue weighted by molar-refractivity contribution is -0.138. The van der Waals surface area contributed by atoms with Crippen molar-refractivity contribution in [3.63, 3.8) is 0 Å². The molecule has 0 amide bonds. The highest BCUT2D eigenvalue weighted by Gasteiger charge is 2.36. The summed E-state index contributed by atoms with van der Waals surface area (Å²) >= 11 is 0. The maximum atomic E-state index is 12.3. The minimum atomic E-state index is -4.41. The van der Waals surface area contributed by atoms with E-state index in [4.69, 9.17) is 5.11 Å². The van der Waals surface area contributed by atoms with Crippen LogP contribution in [0.5, 0.6) is 0 Å². The Hall–Kier alpha value is -1.72. The molecule has 1 unspecified atom stereocenters. The number of hydrogen-bond donors (Lipinski definition) is 2. The van der Waals surface area contributed by atoms with Crippen LogP contribution >= 0.6 is 0 Å². The summed E-state index contributed by atoms with van der Waals surface area (Å²) in [6.07, 6.45) is -4.41. The van der Waals surface area contributed by atoms with Gasteiger partial charge in [-0.1, -0.05) is 12.1 Å². The van der Waals surface area contributed by atoms with Crippen molar-refractivity contribution in [2.24, 2.45) is 0 Å². The highest BCUT2D eigenvalue weighted by molar-refractivity contribution is 5.94. The van der Waals surface area contributed by atoms with Crippen molar-refractivity contribution in [3.05, 3.63) is 29.8 Å². The van der Waals surface area contributed by atoms with E-state index in [-0.39, 0.29) is 11.3 Å². The fourth-order valence-corrected chi connectivity index (χ4v) is 1.11. The lowest BCUT2D eigenvalue weighted by atomic mass is 10.1. The number of para-hydroxylation sites is 1. The third kappa shape index (κ3) is 2.88. The van der Waals surface area contributed by atoms with Crippen molar-refractivity contribution in [1.29, 1.82) is 0 Å². The molecule has 0 heterocycles. The van der Waals surface area contributed by atoms with Crippen LogP contribution in [0.4, 0.5) is 18.9 Å². The number of rotatable bonds is 3. The smallest absolute Gasteiger partial charge is 0.408 e. The molecule has 1 rings (SSSR count). The summed E-state index contributed by atoms with van der Waals surface area (Å²) in [5.74, 6) is -1.27. The van der Waals surface area contributed by atoms with Crippen molar-refractivity contribution in [2.45, 2.75) is 19.1 Å². The highest BCUT2D eigenvalue weighted by atomic mass is 19.4. The van der Waals surface area contributed by atoms with Gasteiger partial charge in [-0.2, -0.15) is 13.2 Å². The molecular weight excluding hydrogens is 223 g/mol. The van der Waals surface area contributed by atoms with Crippen LogP contribution < -0.4 is 5.32 Å². The maximum Gasteiger partial charge on any atom is 0.408 e. The van der Waals surface area contributed by atoms with E-state index in [1.165, 1.54) is 24.3 Å². The Balaban J connectivity index is 2.93. The molecule has 0 aromatic heterocycles. The molecular formula is C10H10F3NO2. The quantitative estimate of drug-likeness (QED) is 0.843. The summed E-state index contributed by atoms with van der Waals surface area (Å²) in [5, 5.41) is 10.9. The molecule has 0 bridgehead atoms. The van der Waals surface area contributed by atoms with Crippen molar-refractivity contribution in [1.82, 2.24) is 0 Å². The van der Waals surface area contributed by atoms with Crippen molar-refractivity contribution >= 4 is 11.7 Å². The molecule has 0 radical (unpaired) electrons. The molecule has 1 aromatic carbocycles. The number of carboxylic acids is 1. The lowest BCUT2D eigenvalue weighted by Crippen LogP contribution is -2.33. The summed E-state index contributed by atoms with van der Waals surface area (Å²) in [7, 11) is 0. The molecule has 0 aliphatic carbocycles. The number of halogens is 3. The van der Waals surface area contributed by atoms with E-state index in [1.54, 1.807) is 0 Å². The Kier molecular flexibility index (Phi) is 3.41. The Morgan fingerprint density at radius 2 is 1.94 bits per heavy atom. The van der Waals surface area contributed by atoms with Gasteiger partial charge >= 0.3 is 12.1 Å². The van der Waals surface area contributed by atoms with Crippen LogP contribution in [-0.4, -0.2) is 23.3 Å². The van der Waals surface area contributed by atoms with Crippen LogP contribution in [0, 0.1) is 0 Å². The van der Waals surface area contributed by atoms with Gasteiger partial charge in [0.15, 0.2) is 0 Å². The van der Waals surface area contributed by atoms with E-state index in [0.29, 0.717) is 0 Å². The number of nitrogens with one attached hydrogen (secondary N) is 1. The molecule has 6 heteroatoms. The molecule has 0 spiro atoms. The molecule has 88 valence electrons. The third-order valence-corrected chi connectivity index (χ3v) is 2.02. The Bertz CT molecular complexity index is 390. The van der Waals surface area contributed by atoms with E-state index in [2.05, 4.69) is 5.32 Å². The predicted octanol–water partition coefficient (Wildman–Crippen LogP) is 2.75. The first kappa shape index (κ1) is 12.4. The maximum absolute atomic E-state index is 12.3. The van der Waals surface area contributed by atoms with Gasteiger partial charge in [-0.3, -0.25) is 0 Å². The fraction of sp³-hybridized carbons (Fsp3) is 0.300. The summed E-state index contributed by atoms with van der Waals surface area (Å²) in [5.41, 5.74) is -0.224. The first-order valence-corrected chi connectivity index (χ1v) is 4.48. The number of carbonyl (C=O) groups is 1. The second-order valence-corrected chi connectivity index (χ2v) is 3.26. The van der Waals surface area contributed by atoms with Gasteiger partial charge in [0.25, 0.3) is 0 Å². The lowest BCUT2D eigenvalue weighted by Gasteiger charge is -2.19. The monoisotopic (exact) mass is 233 g/mol. The van der Waals surface area contributed by atoms with Gasteiger partial charge in [0.2, 0.25) is 0 Å². The zero-order chi connectivity index (χ0) is 12.3. The van der Waals surface area contributed by atoms with Crippen molar-refractivity contribution < 1.29 is 23.1 Å². The van der Waals surface area contributed by atoms with Crippen LogP contribution in [0.2, 0.25) is 0 Å². The van der Waals surface area contributed by atoms with Crippen molar-refractivity contribution in [3.8, 4) is 0 Å². The summed E-state index contributed by atoms with van der Waals surface area (Å²) in [6.45, 7) is 0.929. The van der Waals surface area contributed by atoms with E-state index in [0.717, 1.165) is 6.92 Å². The molecule has 0 fully saturated rings. The normalized spacial score (nSPS) is 13.2. The van der Waals surface area contributed by atoms with Crippen LogP contribution in [0.3, 0.4) is 0 Å². The standard InChI is InChI=1S/C10H10F3NO2/c1-6(10(11,12)13)14-8-5-3-2-4-7(8)9(15)16/h2-6,14H,1H3,(H,15,16). The van der Waals surface area contributed by atoms with Crippen molar-refractivity contribution in [2.75, 3.05) is 5.32 Å². The Morgan fingerprint density at radius 1 is 1.38 bits per heavy atom. The Labute approximate surface area is 89.9 Å². The molecule has 0 saturated carbocycles. The van der Waals surface area contributed by atoms with Gasteiger partial charge in [0, 0.05) is 5.69 Å². The molecule has 3 nitrogen and oxygen atoms in total. The van der Waals surface area contributed by atoms with Gasteiger partial charge in [0.05, 0.1) is 5.56 Å². The highest BCUT2D eigenvalue weighted by Crippen LogP contribution is 2.24. The third-order valence-electron chi connectivity index (χ3n) is 2.02. The first-order chi connectivity index (χ1) is 7.32. The van der Waals surface area contributed by atoms with E-state index in [9.17, 15) is 18.0 Å². The van der Waals surface area contributed by atoms with E-state index < -0.39 is 18.2 Å². The van der Waals surface area contributed by atoms with Crippen LogP contribution in [0.1, 0.15) is 17.3 Å². The number of anilines is 1. The molecule has 16 heavy (non-hydrogen) atoms. The fourth-order valence-electron chi connectivity index (χ4n) is 1.11. The van der Waals surface area contributed by atoms with E-state index in [1.807, 2.05) is 0 Å². The number of alkyl halides is 3. The molecule has 0 aliphatic heterocycles. The minimum Gasteiger partial charge on any atom is -0.478 e. The first-order valence-electron chi connectivity index (χ1n) is 4.48. The van der Waals surface area contributed by atoms with E-state index >= 15 is 0 Å². The average Bonchev–Trinajstić information content (AvgIpc) is 2.16. The zero-order valence-electron chi connectivity index (χ0n) is 8.38. The molecule has 0 aliphatic rings. The number of carboxylic acid groups (broad SMARTS) is 1. The molecule has 0 saturated heterocycles. The number of aromatic carboxylic acids is 1. The second kappa shape index (κ2) is 4.42. The van der Waals surface area contributed by atoms with Gasteiger partial charge in [-0.25, -0.2) is 4.79 Å². The average molecular weight is 233 g/mol. The summed E-state index contributed by atoms with van der Waals surface area (Å²) in [4.78, 5) is 10.7. The van der Waals surface area contributed by atoms with Crippen LogP contribution in [0.15, 0.2) is 24.3 Å². The van der Waals surface area contributed by atoms with Crippen LogP contribution in [-0.2, 0) is 0 Å². The zero-order valence-corrected chi connectivity index (χ0v) is 8.38. The topological polar surface area (TPSA) is 49.3 Å². The number of hydrogen-bond acceptors (Lipinski definition) is 2. The van der Waals surface area contributed by atoms with Crippen LogP contribution in [0.25, 0.3) is 0 Å². The second-order valence-electron chi connectivity index (χ2n) is 3.26. The SMILES string of the molecule is CC(Nc1ccccc1C(=O)O)C(F)(F)F. The molecule has 1 atom stereocenters. The number of benzene rings is 1. The predicted molar refractivity (Wildman–Crippen MR) is 52.5 cm³/mol. The minimum absolute atomic E-state index is 0.0418. The van der Waals surface area contributed by atoms with Gasteiger partial charge in [0.1, 0.15) is 6.04 Å². The molecule has 2 N–H and O–H groups in total. The van der Waals surface area contributed by atoms with Gasteiger partial charge < -0.3 is 10.4 Å². The largest absolute Gasteiger partial charge is 0.478 e. The van der Waals surface area contributed by atoms with Gasteiger partial charge in [-0.15, -0.1) is 0 Å². The Morgan fingerprint density at radius 3 is 2.44 bits per heavy atom. The van der Waals surface area contributed by atoms with Gasteiger partial charge in [-0.05, 0) is 19.1 Å². The summed E-state index contributed by atoms with van der Waals surface area (Å²) < 4.78 is 36.8.